The van der Waals surface area contributed by atoms with Gasteiger partial charge < -0.3 is 5.32 Å². The summed E-state index contributed by atoms with van der Waals surface area (Å²) in [4.78, 5) is 25.5. The van der Waals surface area contributed by atoms with E-state index >= 15 is 0 Å². The number of likely N-dealkylation sites (N-methyl/N-ethyl adjacent to an activating group) is 1. The van der Waals surface area contributed by atoms with Gasteiger partial charge in [0.25, 0.3) is 0 Å². The average molecular weight is 364 g/mol. The molecule has 1 aromatic rings. The van der Waals surface area contributed by atoms with Crippen LogP contribution in [0.1, 0.15) is 37.7 Å². The quantitative estimate of drug-likeness (QED) is 0.729. The Labute approximate surface area is 154 Å². The van der Waals surface area contributed by atoms with Crippen LogP contribution in [-0.2, 0) is 11.3 Å². The van der Waals surface area contributed by atoms with E-state index in [4.69, 9.17) is 11.6 Å². The zero-order valence-corrected chi connectivity index (χ0v) is 15.4. The van der Waals surface area contributed by atoms with Crippen LogP contribution >= 0.6 is 11.6 Å². The van der Waals surface area contributed by atoms with Crippen molar-refractivity contribution < 1.29 is 9.59 Å². The zero-order valence-electron chi connectivity index (χ0n) is 14.7. The first-order chi connectivity index (χ1) is 12.0. The average Bonchev–Trinajstić information content (AvgIpc) is 2.57. The van der Waals surface area contributed by atoms with E-state index < -0.39 is 6.03 Å². The number of hydrogen-bond acceptors (Lipinski definition) is 3. The van der Waals surface area contributed by atoms with Crippen molar-refractivity contribution in [2.24, 2.45) is 0 Å². The summed E-state index contributed by atoms with van der Waals surface area (Å²) in [7, 11) is 1.83. The number of rotatable bonds is 7. The number of halogens is 1. The largest absolute Gasteiger partial charge is 0.337 e. The van der Waals surface area contributed by atoms with Crippen molar-refractivity contribution in [3.05, 3.63) is 46.5 Å². The summed E-state index contributed by atoms with van der Waals surface area (Å²) in [6.07, 6.45) is 7.88. The van der Waals surface area contributed by atoms with Crippen LogP contribution in [0.15, 0.2) is 35.9 Å². The molecule has 5 nitrogen and oxygen atoms in total. The van der Waals surface area contributed by atoms with Crippen LogP contribution in [0.25, 0.3) is 0 Å². The van der Waals surface area contributed by atoms with Crippen molar-refractivity contribution in [2.45, 2.75) is 38.6 Å². The predicted molar refractivity (Wildman–Crippen MR) is 100 cm³/mol. The molecule has 0 radical (unpaired) electrons. The van der Waals surface area contributed by atoms with E-state index in [1.165, 1.54) is 18.4 Å². The lowest BCUT2D eigenvalue weighted by atomic mass is 9.97. The molecule has 0 saturated heterocycles. The highest BCUT2D eigenvalue weighted by atomic mass is 35.5. The monoisotopic (exact) mass is 363 g/mol. The zero-order chi connectivity index (χ0) is 18.1. The smallest absolute Gasteiger partial charge is 0.321 e. The van der Waals surface area contributed by atoms with Gasteiger partial charge in [0, 0.05) is 18.1 Å². The van der Waals surface area contributed by atoms with Crippen molar-refractivity contribution in [3.63, 3.8) is 0 Å². The number of nitrogens with zero attached hydrogens (tertiary/aromatic N) is 1. The highest BCUT2D eigenvalue weighted by molar-refractivity contribution is 6.30. The minimum Gasteiger partial charge on any atom is -0.337 e. The molecule has 2 rings (SSSR count). The van der Waals surface area contributed by atoms with Crippen LogP contribution in [0.2, 0.25) is 5.02 Å². The van der Waals surface area contributed by atoms with E-state index in [0.29, 0.717) is 18.1 Å². The maximum atomic E-state index is 11.9. The summed E-state index contributed by atoms with van der Waals surface area (Å²) in [6, 6.07) is 7.05. The molecule has 3 amide bonds. The van der Waals surface area contributed by atoms with E-state index in [9.17, 15) is 9.59 Å². The third-order valence-electron chi connectivity index (χ3n) is 4.15. The van der Waals surface area contributed by atoms with E-state index in [1.54, 1.807) is 0 Å². The van der Waals surface area contributed by atoms with Crippen molar-refractivity contribution in [1.82, 2.24) is 15.5 Å². The number of carbonyl (C=O) groups excluding carboxylic acids is 2. The molecular formula is C19H26ClN3O2. The van der Waals surface area contributed by atoms with Crippen molar-refractivity contribution in [1.29, 1.82) is 0 Å². The fourth-order valence-corrected chi connectivity index (χ4v) is 3.01. The standard InChI is InChI=1S/C19H26ClN3O2/c1-23(13-16-7-9-17(20)10-8-16)14-18(24)22-19(25)21-12-11-15-5-3-2-4-6-15/h5,7-10H,2-4,6,11-14H2,1H3,(H2,21,22,24,25). The fourth-order valence-electron chi connectivity index (χ4n) is 2.88. The lowest BCUT2D eigenvalue weighted by Crippen LogP contribution is -2.43. The Bertz CT molecular complexity index is 614. The highest BCUT2D eigenvalue weighted by Gasteiger charge is 2.11. The van der Waals surface area contributed by atoms with Gasteiger partial charge in [-0.25, -0.2) is 4.79 Å². The summed E-state index contributed by atoms with van der Waals surface area (Å²) in [5.74, 6) is -0.314. The van der Waals surface area contributed by atoms with Crippen molar-refractivity contribution in [2.75, 3.05) is 20.1 Å². The first kappa shape index (κ1) is 19.5. The molecule has 0 aromatic heterocycles. The summed E-state index contributed by atoms with van der Waals surface area (Å²) < 4.78 is 0. The van der Waals surface area contributed by atoms with Gasteiger partial charge in [-0.3, -0.25) is 15.0 Å². The number of nitrogens with one attached hydrogen (secondary N) is 2. The number of imide groups is 1. The normalized spacial score (nSPS) is 14.1. The summed E-state index contributed by atoms with van der Waals surface area (Å²) >= 11 is 5.86. The number of urea groups is 1. The van der Waals surface area contributed by atoms with Gasteiger partial charge in [0.15, 0.2) is 0 Å². The Hall–Kier alpha value is -1.85. The number of carbonyl (C=O) groups is 2. The molecule has 0 atom stereocenters. The summed E-state index contributed by atoms with van der Waals surface area (Å²) in [6.45, 7) is 1.33. The Morgan fingerprint density at radius 2 is 1.96 bits per heavy atom. The van der Waals surface area contributed by atoms with Crippen LogP contribution < -0.4 is 10.6 Å². The first-order valence-electron chi connectivity index (χ1n) is 8.71. The van der Waals surface area contributed by atoms with Gasteiger partial charge in [-0.1, -0.05) is 35.4 Å². The fraction of sp³-hybridized carbons (Fsp3) is 0.474. The van der Waals surface area contributed by atoms with Crippen molar-refractivity contribution >= 4 is 23.5 Å². The van der Waals surface area contributed by atoms with Gasteiger partial charge in [0.05, 0.1) is 6.54 Å². The highest BCUT2D eigenvalue weighted by Crippen LogP contribution is 2.19. The van der Waals surface area contributed by atoms with Gasteiger partial charge in [-0.05, 0) is 56.8 Å². The van der Waals surface area contributed by atoms with E-state index in [-0.39, 0.29) is 12.5 Å². The van der Waals surface area contributed by atoms with E-state index in [0.717, 1.165) is 24.8 Å². The van der Waals surface area contributed by atoms with Gasteiger partial charge in [-0.2, -0.15) is 0 Å². The molecule has 0 aliphatic heterocycles. The van der Waals surface area contributed by atoms with Gasteiger partial charge in [0.2, 0.25) is 5.91 Å². The molecule has 0 unspecified atom stereocenters. The number of benzene rings is 1. The SMILES string of the molecule is CN(CC(=O)NC(=O)NCCC1=CCCCC1)Cc1ccc(Cl)cc1. The maximum Gasteiger partial charge on any atom is 0.321 e. The molecule has 0 fully saturated rings. The molecule has 1 aromatic carbocycles. The van der Waals surface area contributed by atoms with Crippen molar-refractivity contribution in [3.8, 4) is 0 Å². The van der Waals surface area contributed by atoms with Gasteiger partial charge >= 0.3 is 6.03 Å². The molecule has 6 heteroatoms. The second kappa shape index (κ2) is 10.2. The molecule has 0 bridgehead atoms. The molecule has 0 spiro atoms. The molecule has 25 heavy (non-hydrogen) atoms. The Morgan fingerprint density at radius 3 is 2.64 bits per heavy atom. The van der Waals surface area contributed by atoms with E-state index in [1.807, 2.05) is 36.2 Å². The molecule has 136 valence electrons. The topological polar surface area (TPSA) is 61.4 Å². The van der Waals surface area contributed by atoms with Crippen LogP contribution in [0, 0.1) is 0 Å². The van der Waals surface area contributed by atoms with E-state index in [2.05, 4.69) is 16.7 Å². The second-order valence-corrected chi connectivity index (χ2v) is 6.90. The first-order valence-corrected chi connectivity index (χ1v) is 9.09. The number of hydrogen-bond donors (Lipinski definition) is 2. The van der Waals surface area contributed by atoms with Crippen LogP contribution in [0.5, 0.6) is 0 Å². The lowest BCUT2D eigenvalue weighted by molar-refractivity contribution is -0.120. The molecular weight excluding hydrogens is 338 g/mol. The summed E-state index contributed by atoms with van der Waals surface area (Å²) in [5.41, 5.74) is 2.46. The van der Waals surface area contributed by atoms with Crippen LogP contribution in [-0.4, -0.2) is 37.0 Å². The summed E-state index contributed by atoms with van der Waals surface area (Å²) in [5, 5.41) is 5.80. The molecule has 1 aliphatic rings. The Balaban J connectivity index is 1.63. The van der Waals surface area contributed by atoms with Crippen LogP contribution in [0.4, 0.5) is 4.79 Å². The third-order valence-corrected chi connectivity index (χ3v) is 4.40. The molecule has 0 heterocycles. The molecule has 0 saturated carbocycles. The number of allylic oxidation sites excluding steroid dienone is 1. The maximum absolute atomic E-state index is 11.9. The minimum atomic E-state index is -0.429. The lowest BCUT2D eigenvalue weighted by Gasteiger charge is -2.16. The van der Waals surface area contributed by atoms with Gasteiger partial charge in [0.1, 0.15) is 0 Å². The second-order valence-electron chi connectivity index (χ2n) is 6.46. The Kier molecular flexibility index (Phi) is 7.95. The predicted octanol–water partition coefficient (Wildman–Crippen LogP) is 3.49. The molecule has 2 N–H and O–H groups in total. The molecule has 1 aliphatic carbocycles. The third kappa shape index (κ3) is 7.71. The van der Waals surface area contributed by atoms with Gasteiger partial charge in [-0.15, -0.1) is 0 Å². The van der Waals surface area contributed by atoms with Crippen LogP contribution in [0.3, 0.4) is 0 Å². The Morgan fingerprint density at radius 1 is 1.20 bits per heavy atom. The minimum absolute atomic E-state index is 0.154. The number of amides is 3.